The van der Waals surface area contributed by atoms with Crippen molar-refractivity contribution in [3.8, 4) is 5.75 Å². The number of aliphatic hydroxyl groups excluding tert-OH is 1. The Labute approximate surface area is 206 Å². The molecule has 4 rings (SSSR count). The SMILES string of the molecule is CCOC(=O)Cc1ccc(N2C(=O)C(=O)/C(=C(/O)c3cc(F)ccc3OC)C2c2cccnc2)cc1. The molecule has 8 nitrogen and oxygen atoms in total. The maximum absolute atomic E-state index is 14.0. The molecule has 0 aliphatic carbocycles. The average molecular weight is 490 g/mol. The number of benzene rings is 2. The Balaban J connectivity index is 1.83. The van der Waals surface area contributed by atoms with Crippen molar-refractivity contribution in [2.45, 2.75) is 19.4 Å². The molecule has 2 heterocycles. The first-order chi connectivity index (χ1) is 17.3. The smallest absolute Gasteiger partial charge is 0.310 e. The molecule has 1 saturated heterocycles. The number of nitrogens with zero attached hydrogens (tertiary/aromatic N) is 2. The summed E-state index contributed by atoms with van der Waals surface area (Å²) in [5.41, 5.74) is 1.20. The second-order valence-corrected chi connectivity index (χ2v) is 7.95. The van der Waals surface area contributed by atoms with Crippen molar-refractivity contribution in [3.05, 3.63) is 95.1 Å². The molecule has 36 heavy (non-hydrogen) atoms. The van der Waals surface area contributed by atoms with Crippen LogP contribution in [0.15, 0.2) is 72.6 Å². The Morgan fingerprint density at radius 1 is 1.14 bits per heavy atom. The Morgan fingerprint density at radius 3 is 2.53 bits per heavy atom. The van der Waals surface area contributed by atoms with Crippen molar-refractivity contribution in [3.63, 3.8) is 0 Å². The second kappa shape index (κ2) is 10.4. The first kappa shape index (κ1) is 24.6. The van der Waals surface area contributed by atoms with Gasteiger partial charge >= 0.3 is 5.97 Å². The first-order valence-electron chi connectivity index (χ1n) is 11.1. The minimum Gasteiger partial charge on any atom is -0.507 e. The normalized spacial score (nSPS) is 16.8. The van der Waals surface area contributed by atoms with Crippen LogP contribution < -0.4 is 9.64 Å². The molecule has 9 heteroatoms. The van der Waals surface area contributed by atoms with Crippen LogP contribution in [-0.4, -0.2) is 41.5 Å². The highest BCUT2D eigenvalue weighted by Crippen LogP contribution is 2.43. The van der Waals surface area contributed by atoms with E-state index < -0.39 is 29.3 Å². The van der Waals surface area contributed by atoms with Gasteiger partial charge in [0.1, 0.15) is 17.3 Å². The average Bonchev–Trinajstić information content (AvgIpc) is 3.15. The van der Waals surface area contributed by atoms with Gasteiger partial charge in [-0.15, -0.1) is 0 Å². The number of aliphatic hydroxyl groups is 1. The lowest BCUT2D eigenvalue weighted by atomic mass is 9.95. The zero-order valence-electron chi connectivity index (χ0n) is 19.6. The van der Waals surface area contributed by atoms with E-state index in [-0.39, 0.29) is 35.9 Å². The lowest BCUT2D eigenvalue weighted by Gasteiger charge is -2.25. The summed E-state index contributed by atoms with van der Waals surface area (Å²) in [4.78, 5) is 43.6. The van der Waals surface area contributed by atoms with Crippen LogP contribution in [0.2, 0.25) is 0 Å². The highest BCUT2D eigenvalue weighted by atomic mass is 19.1. The van der Waals surface area contributed by atoms with Gasteiger partial charge < -0.3 is 14.6 Å². The Bertz CT molecular complexity index is 1340. The molecular weight excluding hydrogens is 467 g/mol. The zero-order chi connectivity index (χ0) is 25.8. The molecule has 0 bridgehead atoms. The third-order valence-electron chi connectivity index (χ3n) is 5.73. The molecule has 1 amide bonds. The molecule has 1 aliphatic heterocycles. The van der Waals surface area contributed by atoms with Gasteiger partial charge in [0.25, 0.3) is 11.7 Å². The van der Waals surface area contributed by atoms with Gasteiger partial charge in [-0.3, -0.25) is 24.3 Å². The number of halogens is 1. The van der Waals surface area contributed by atoms with Crippen LogP contribution in [0, 0.1) is 5.82 Å². The van der Waals surface area contributed by atoms with E-state index in [1.807, 2.05) is 0 Å². The van der Waals surface area contributed by atoms with Gasteiger partial charge in [-0.1, -0.05) is 18.2 Å². The van der Waals surface area contributed by atoms with E-state index >= 15 is 0 Å². The monoisotopic (exact) mass is 490 g/mol. The summed E-state index contributed by atoms with van der Waals surface area (Å²) in [6.07, 6.45) is 3.07. The van der Waals surface area contributed by atoms with Gasteiger partial charge in [0.15, 0.2) is 0 Å². The third-order valence-corrected chi connectivity index (χ3v) is 5.73. The number of methoxy groups -OCH3 is 1. The lowest BCUT2D eigenvalue weighted by Crippen LogP contribution is -2.29. The van der Waals surface area contributed by atoms with E-state index in [0.717, 1.165) is 12.1 Å². The molecule has 1 atom stereocenters. The van der Waals surface area contributed by atoms with E-state index in [1.165, 1.54) is 30.5 Å². The number of pyridine rings is 1. The Kier molecular flexibility index (Phi) is 7.10. The summed E-state index contributed by atoms with van der Waals surface area (Å²) in [6.45, 7) is 1.98. The van der Waals surface area contributed by atoms with Gasteiger partial charge in [0.05, 0.1) is 37.3 Å². The molecule has 3 aromatic rings. The first-order valence-corrected chi connectivity index (χ1v) is 11.1. The maximum atomic E-state index is 14.0. The van der Waals surface area contributed by atoms with E-state index in [9.17, 15) is 23.9 Å². The van der Waals surface area contributed by atoms with Gasteiger partial charge in [0, 0.05) is 18.1 Å². The lowest BCUT2D eigenvalue weighted by molar-refractivity contribution is -0.142. The highest BCUT2D eigenvalue weighted by molar-refractivity contribution is 6.51. The quantitative estimate of drug-likeness (QED) is 0.231. The van der Waals surface area contributed by atoms with Gasteiger partial charge in [-0.25, -0.2) is 4.39 Å². The van der Waals surface area contributed by atoms with E-state index in [1.54, 1.807) is 43.3 Å². The molecule has 1 unspecified atom stereocenters. The summed E-state index contributed by atoms with van der Waals surface area (Å²) in [6, 6.07) is 12.3. The van der Waals surface area contributed by atoms with Crippen LogP contribution in [0.3, 0.4) is 0 Å². The number of anilines is 1. The molecule has 1 N–H and O–H groups in total. The number of rotatable bonds is 7. The van der Waals surface area contributed by atoms with E-state index in [2.05, 4.69) is 4.98 Å². The number of Topliss-reactive ketones (excluding diaryl/α,β-unsaturated/α-hetero) is 1. The molecule has 0 radical (unpaired) electrons. The molecule has 1 aromatic heterocycles. The predicted octanol–water partition coefficient (Wildman–Crippen LogP) is 3.96. The Morgan fingerprint density at radius 2 is 1.89 bits per heavy atom. The van der Waals surface area contributed by atoms with Crippen LogP contribution >= 0.6 is 0 Å². The molecular formula is C27H23FN2O6. The topological polar surface area (TPSA) is 106 Å². The molecule has 1 aliphatic rings. The molecule has 0 spiro atoms. The van der Waals surface area contributed by atoms with E-state index in [0.29, 0.717) is 16.8 Å². The van der Waals surface area contributed by atoms with Crippen LogP contribution in [0.1, 0.15) is 29.7 Å². The summed E-state index contributed by atoms with van der Waals surface area (Å²) >= 11 is 0. The van der Waals surface area contributed by atoms with Crippen LogP contribution in [0.25, 0.3) is 5.76 Å². The van der Waals surface area contributed by atoms with Crippen molar-refractivity contribution < 1.29 is 33.4 Å². The van der Waals surface area contributed by atoms with Crippen molar-refractivity contribution >= 4 is 29.1 Å². The van der Waals surface area contributed by atoms with E-state index in [4.69, 9.17) is 9.47 Å². The number of carbonyl (C=O) groups excluding carboxylic acids is 3. The molecule has 2 aromatic carbocycles. The fourth-order valence-electron chi connectivity index (χ4n) is 4.12. The Hall–Kier alpha value is -4.53. The zero-order valence-corrected chi connectivity index (χ0v) is 19.6. The molecule has 184 valence electrons. The van der Waals surface area contributed by atoms with Crippen LogP contribution in [0.4, 0.5) is 10.1 Å². The number of ether oxygens (including phenoxy) is 2. The number of carbonyl (C=O) groups is 3. The van der Waals surface area contributed by atoms with Crippen molar-refractivity contribution in [2.24, 2.45) is 0 Å². The van der Waals surface area contributed by atoms with Gasteiger partial charge in [-0.2, -0.15) is 0 Å². The maximum Gasteiger partial charge on any atom is 0.310 e. The van der Waals surface area contributed by atoms with Gasteiger partial charge in [0.2, 0.25) is 0 Å². The number of hydrogen-bond acceptors (Lipinski definition) is 7. The fraction of sp³-hybridized carbons (Fsp3) is 0.185. The number of amides is 1. The predicted molar refractivity (Wildman–Crippen MR) is 129 cm³/mol. The minimum absolute atomic E-state index is 0.0539. The minimum atomic E-state index is -1.04. The second-order valence-electron chi connectivity index (χ2n) is 7.95. The molecule has 0 saturated carbocycles. The van der Waals surface area contributed by atoms with Crippen LogP contribution in [-0.2, 0) is 25.5 Å². The summed E-state index contributed by atoms with van der Waals surface area (Å²) in [5.74, 6) is -3.29. The number of hydrogen-bond donors (Lipinski definition) is 1. The van der Waals surface area contributed by atoms with Crippen molar-refractivity contribution in [2.75, 3.05) is 18.6 Å². The number of ketones is 1. The van der Waals surface area contributed by atoms with Crippen molar-refractivity contribution in [1.29, 1.82) is 0 Å². The number of esters is 1. The summed E-state index contributed by atoms with van der Waals surface area (Å²) in [5, 5.41) is 11.2. The summed E-state index contributed by atoms with van der Waals surface area (Å²) < 4.78 is 24.3. The van der Waals surface area contributed by atoms with Crippen LogP contribution in [0.5, 0.6) is 5.75 Å². The largest absolute Gasteiger partial charge is 0.507 e. The highest BCUT2D eigenvalue weighted by Gasteiger charge is 2.47. The van der Waals surface area contributed by atoms with Gasteiger partial charge in [-0.05, 0) is 54.4 Å². The standard InChI is InChI=1S/C27H23FN2O6/c1-3-36-22(31)13-16-6-9-19(10-7-16)30-24(17-5-4-12-29-15-17)23(26(33)27(30)34)25(32)20-14-18(28)8-11-21(20)35-2/h4-12,14-15,24,32H,3,13H2,1-2H3/b25-23+. The fourth-order valence-corrected chi connectivity index (χ4v) is 4.12. The third kappa shape index (κ3) is 4.68. The summed E-state index contributed by atoms with van der Waals surface area (Å²) in [7, 11) is 1.35. The number of aromatic nitrogens is 1. The van der Waals surface area contributed by atoms with Crippen molar-refractivity contribution in [1.82, 2.24) is 4.98 Å². The molecule has 1 fully saturated rings.